The monoisotopic (exact) mass is 456 g/mol. The van der Waals surface area contributed by atoms with Crippen molar-refractivity contribution in [1.82, 2.24) is 10.2 Å². The van der Waals surface area contributed by atoms with Crippen molar-refractivity contribution in [1.29, 1.82) is 0 Å². The number of amides is 2. The Morgan fingerprint density at radius 2 is 1.84 bits per heavy atom. The highest BCUT2D eigenvalue weighted by Gasteiger charge is 2.58. The lowest BCUT2D eigenvalue weighted by molar-refractivity contribution is -0.172. The molecule has 0 radical (unpaired) electrons. The molecule has 2 fully saturated rings. The van der Waals surface area contributed by atoms with Crippen LogP contribution in [0.5, 0.6) is 5.75 Å². The molecule has 2 aliphatic heterocycles. The summed E-state index contributed by atoms with van der Waals surface area (Å²) in [4.78, 5) is 39.2. The summed E-state index contributed by atoms with van der Waals surface area (Å²) >= 11 is 1.34. The van der Waals surface area contributed by atoms with Gasteiger partial charge in [0.15, 0.2) is 6.04 Å². The van der Waals surface area contributed by atoms with E-state index in [4.69, 9.17) is 9.47 Å². The van der Waals surface area contributed by atoms with Crippen LogP contribution in [0.4, 0.5) is 0 Å². The molecule has 2 aromatic rings. The Labute approximate surface area is 189 Å². The number of aliphatic hydroxyl groups excluding tert-OH is 1. The van der Waals surface area contributed by atoms with Crippen molar-refractivity contribution in [2.24, 2.45) is 0 Å². The van der Waals surface area contributed by atoms with Gasteiger partial charge in [0.2, 0.25) is 11.8 Å². The molecule has 2 N–H and O–H groups in total. The molecule has 2 aromatic carbocycles. The maximum Gasteiger partial charge on any atom is 0.331 e. The van der Waals surface area contributed by atoms with E-state index in [-0.39, 0.29) is 24.7 Å². The van der Waals surface area contributed by atoms with E-state index in [1.807, 2.05) is 30.3 Å². The molecule has 2 heterocycles. The lowest BCUT2D eigenvalue weighted by Crippen LogP contribution is -2.76. The molecule has 2 unspecified atom stereocenters. The van der Waals surface area contributed by atoms with Crippen LogP contribution >= 0.6 is 11.8 Å². The topological polar surface area (TPSA) is 105 Å². The van der Waals surface area contributed by atoms with Gasteiger partial charge in [0, 0.05) is 5.75 Å². The molecule has 2 amide bonds. The smallest absolute Gasteiger partial charge is 0.331 e. The maximum atomic E-state index is 12.8. The maximum absolute atomic E-state index is 12.8. The van der Waals surface area contributed by atoms with E-state index in [0.29, 0.717) is 5.75 Å². The molecule has 0 saturated carbocycles. The second-order valence-corrected chi connectivity index (χ2v) is 8.79. The van der Waals surface area contributed by atoms with Gasteiger partial charge in [-0.2, -0.15) is 0 Å². The van der Waals surface area contributed by atoms with E-state index < -0.39 is 35.4 Å². The summed E-state index contributed by atoms with van der Waals surface area (Å²) in [5, 5.41) is 12.7. The number of carbonyl (C=O) groups excluding carboxylic acids is 3. The van der Waals surface area contributed by atoms with Crippen LogP contribution in [0, 0.1) is 0 Å². The molecule has 32 heavy (non-hydrogen) atoms. The van der Waals surface area contributed by atoms with E-state index >= 15 is 0 Å². The standard InChI is InChI=1S/C23H24N2O6S/c1-30-16-9-7-15(8-10-16)12-31-23(29)20-17(26)13-32-22-19(21(28)25(20)22)24-18(27)11-14-5-3-2-4-6-14/h2-10,17,19-20,22,26H,11-13H2,1H3,(H,24,27)/t17?,19-,20?,22-/m1/s1. The van der Waals surface area contributed by atoms with Crippen LogP contribution in [0.1, 0.15) is 11.1 Å². The summed E-state index contributed by atoms with van der Waals surface area (Å²) < 4.78 is 10.5. The normalized spacial score (nSPS) is 24.2. The average Bonchev–Trinajstić information content (AvgIpc) is 2.81. The first kappa shape index (κ1) is 22.2. The summed E-state index contributed by atoms with van der Waals surface area (Å²) in [5.41, 5.74) is 1.61. The summed E-state index contributed by atoms with van der Waals surface area (Å²) in [6.07, 6.45) is -0.873. The Bertz CT molecular complexity index is 984. The number of nitrogens with zero attached hydrogens (tertiary/aromatic N) is 1. The number of hydrogen-bond acceptors (Lipinski definition) is 7. The highest BCUT2D eigenvalue weighted by Crippen LogP contribution is 2.38. The number of nitrogens with one attached hydrogen (secondary N) is 1. The van der Waals surface area contributed by atoms with Gasteiger partial charge < -0.3 is 24.8 Å². The Balaban J connectivity index is 1.35. The van der Waals surface area contributed by atoms with E-state index in [2.05, 4.69) is 5.32 Å². The molecule has 9 heteroatoms. The molecule has 168 valence electrons. The van der Waals surface area contributed by atoms with Gasteiger partial charge in [0.1, 0.15) is 23.8 Å². The molecular weight excluding hydrogens is 432 g/mol. The molecule has 0 aromatic heterocycles. The number of hydrogen-bond donors (Lipinski definition) is 2. The third-order valence-corrected chi connectivity index (χ3v) is 6.86. The van der Waals surface area contributed by atoms with E-state index in [0.717, 1.165) is 11.1 Å². The number of thioether (sulfide) groups is 1. The second-order valence-electron chi connectivity index (χ2n) is 7.64. The number of benzene rings is 2. The van der Waals surface area contributed by atoms with Gasteiger partial charge in [-0.25, -0.2) is 4.79 Å². The number of methoxy groups -OCH3 is 1. The molecule has 0 aliphatic carbocycles. The zero-order valence-corrected chi connectivity index (χ0v) is 18.3. The van der Waals surface area contributed by atoms with Gasteiger partial charge >= 0.3 is 5.97 Å². The molecule has 8 nitrogen and oxygen atoms in total. The molecule has 0 spiro atoms. The highest BCUT2D eigenvalue weighted by atomic mass is 32.2. The van der Waals surface area contributed by atoms with E-state index in [9.17, 15) is 19.5 Å². The fourth-order valence-corrected chi connectivity index (χ4v) is 5.15. The number of rotatable bonds is 7. The molecule has 4 atom stereocenters. The fraction of sp³-hybridized carbons (Fsp3) is 0.348. The molecular formula is C23H24N2O6S. The van der Waals surface area contributed by atoms with Crippen molar-refractivity contribution in [3.8, 4) is 5.75 Å². The SMILES string of the molecule is COc1ccc(COC(=O)C2C(O)CS[C@@H]3[C@H](NC(=O)Cc4ccccc4)C(=O)N23)cc1. The predicted molar refractivity (Wildman–Crippen MR) is 118 cm³/mol. The van der Waals surface area contributed by atoms with E-state index in [1.165, 1.54) is 16.7 Å². The van der Waals surface area contributed by atoms with Crippen molar-refractivity contribution >= 4 is 29.5 Å². The van der Waals surface area contributed by atoms with Crippen LogP contribution in [-0.2, 0) is 32.1 Å². The number of carbonyl (C=O) groups is 3. The quantitative estimate of drug-likeness (QED) is 0.475. The average molecular weight is 457 g/mol. The Morgan fingerprint density at radius 1 is 1.12 bits per heavy atom. The second kappa shape index (κ2) is 9.62. The molecule has 0 bridgehead atoms. The zero-order valence-electron chi connectivity index (χ0n) is 17.5. The Morgan fingerprint density at radius 3 is 2.53 bits per heavy atom. The van der Waals surface area contributed by atoms with Crippen molar-refractivity contribution in [3.63, 3.8) is 0 Å². The van der Waals surface area contributed by atoms with Crippen molar-refractivity contribution < 1.29 is 29.0 Å². The van der Waals surface area contributed by atoms with Gasteiger partial charge in [0.05, 0.1) is 19.6 Å². The number of aliphatic hydroxyl groups is 1. The number of β-lactam (4-membered cyclic amide) rings is 1. The van der Waals surface area contributed by atoms with Crippen molar-refractivity contribution in [2.75, 3.05) is 12.9 Å². The van der Waals surface area contributed by atoms with Crippen molar-refractivity contribution in [3.05, 3.63) is 65.7 Å². The van der Waals surface area contributed by atoms with Gasteiger partial charge in [-0.1, -0.05) is 42.5 Å². The zero-order chi connectivity index (χ0) is 22.7. The first-order valence-electron chi connectivity index (χ1n) is 10.2. The lowest BCUT2D eigenvalue weighted by Gasteiger charge is -2.53. The number of fused-ring (bicyclic) bond motifs is 1. The van der Waals surface area contributed by atoms with Gasteiger partial charge in [-0.3, -0.25) is 9.59 Å². The fourth-order valence-electron chi connectivity index (χ4n) is 3.80. The number of ether oxygens (including phenoxy) is 2. The third-order valence-electron chi connectivity index (χ3n) is 5.49. The molecule has 2 saturated heterocycles. The first-order chi connectivity index (χ1) is 15.5. The van der Waals surface area contributed by atoms with Gasteiger partial charge in [-0.05, 0) is 23.3 Å². The Kier molecular flexibility index (Phi) is 6.66. The van der Waals surface area contributed by atoms with E-state index in [1.54, 1.807) is 31.4 Å². The van der Waals surface area contributed by atoms with Gasteiger partial charge in [0.25, 0.3) is 0 Å². The minimum Gasteiger partial charge on any atom is -0.497 e. The summed E-state index contributed by atoms with van der Waals surface area (Å²) in [6, 6.07) is 14.5. The van der Waals surface area contributed by atoms with Crippen molar-refractivity contribution in [2.45, 2.75) is 36.6 Å². The largest absolute Gasteiger partial charge is 0.497 e. The minimum absolute atomic E-state index is 0.0170. The first-order valence-corrected chi connectivity index (χ1v) is 11.3. The summed E-state index contributed by atoms with van der Waals surface area (Å²) in [6.45, 7) is 0.0170. The lowest BCUT2D eigenvalue weighted by atomic mass is 9.99. The number of esters is 1. The van der Waals surface area contributed by atoms with Crippen LogP contribution in [0.25, 0.3) is 0 Å². The molecule has 2 aliphatic rings. The van der Waals surface area contributed by atoms with Crippen LogP contribution in [0.15, 0.2) is 54.6 Å². The summed E-state index contributed by atoms with van der Waals surface area (Å²) in [5.74, 6) is -0.370. The highest BCUT2D eigenvalue weighted by molar-refractivity contribution is 8.00. The molecule has 4 rings (SSSR count). The van der Waals surface area contributed by atoms with Crippen LogP contribution in [-0.4, -0.2) is 64.2 Å². The summed E-state index contributed by atoms with van der Waals surface area (Å²) in [7, 11) is 1.56. The third kappa shape index (κ3) is 4.58. The van der Waals surface area contributed by atoms with Crippen LogP contribution in [0.2, 0.25) is 0 Å². The predicted octanol–water partition coefficient (Wildman–Crippen LogP) is 1.11. The minimum atomic E-state index is -1.09. The van der Waals surface area contributed by atoms with Gasteiger partial charge in [-0.15, -0.1) is 11.8 Å². The van der Waals surface area contributed by atoms with Crippen LogP contribution < -0.4 is 10.1 Å². The van der Waals surface area contributed by atoms with Crippen LogP contribution in [0.3, 0.4) is 0 Å². The Hall–Kier alpha value is -3.04.